The van der Waals surface area contributed by atoms with Crippen LogP contribution < -0.4 is 15.2 Å². The summed E-state index contributed by atoms with van der Waals surface area (Å²) in [6.45, 7) is 3.73. The number of aromatic nitrogens is 3. The predicted molar refractivity (Wildman–Crippen MR) is 151 cm³/mol. The highest BCUT2D eigenvalue weighted by Gasteiger charge is 2.31. The predicted octanol–water partition coefficient (Wildman–Crippen LogP) is 3.12. The van der Waals surface area contributed by atoms with Gasteiger partial charge in [0.2, 0.25) is 5.75 Å². The molecule has 10 nitrogen and oxygen atoms in total. The molecule has 5 rings (SSSR count). The highest BCUT2D eigenvalue weighted by atomic mass is 32.2. The molecule has 1 saturated heterocycles. The third-order valence-electron chi connectivity index (χ3n) is 6.52. The van der Waals surface area contributed by atoms with Crippen molar-refractivity contribution < 1.29 is 17.9 Å². The number of anilines is 1. The van der Waals surface area contributed by atoms with E-state index in [2.05, 4.69) is 10.1 Å². The maximum Gasteiger partial charge on any atom is 0.316 e. The fourth-order valence-corrected chi connectivity index (χ4v) is 5.83. The van der Waals surface area contributed by atoms with E-state index >= 15 is 0 Å². The van der Waals surface area contributed by atoms with E-state index in [0.717, 1.165) is 5.56 Å². The van der Waals surface area contributed by atoms with Gasteiger partial charge in [0, 0.05) is 32.4 Å². The molecule has 11 heteroatoms. The fraction of sp³-hybridized carbons (Fsp3) is 0.276. The van der Waals surface area contributed by atoms with Gasteiger partial charge in [0.15, 0.2) is 5.03 Å². The minimum absolute atomic E-state index is 0.0175. The first-order valence-electron chi connectivity index (χ1n) is 13.1. The van der Waals surface area contributed by atoms with Crippen LogP contribution >= 0.6 is 0 Å². The molecule has 1 atom stereocenters. The summed E-state index contributed by atoms with van der Waals surface area (Å²) in [5.41, 5.74) is 1.77. The van der Waals surface area contributed by atoms with Gasteiger partial charge < -0.3 is 14.4 Å². The second kappa shape index (κ2) is 12.4. The first-order valence-corrected chi connectivity index (χ1v) is 14.5. The lowest BCUT2D eigenvalue weighted by Crippen LogP contribution is -2.49. The van der Waals surface area contributed by atoms with Crippen molar-refractivity contribution in [3.05, 3.63) is 107 Å². The molecule has 2 aromatic heterocycles. The van der Waals surface area contributed by atoms with Gasteiger partial charge in [-0.05, 0) is 36.8 Å². The SMILES string of the molecule is C[C@H](COCc1ccccc1)Oc1c(N2CCN(S(=O)(=O)c3ccccn3)CC2)cnn(-c2ccccc2)c1=O. The number of benzene rings is 2. The Kier molecular flexibility index (Phi) is 8.54. The molecule has 0 radical (unpaired) electrons. The normalized spacial score (nSPS) is 15.1. The first kappa shape index (κ1) is 27.5. The Balaban J connectivity index is 1.35. The summed E-state index contributed by atoms with van der Waals surface area (Å²) in [5.74, 6) is 0.149. The summed E-state index contributed by atoms with van der Waals surface area (Å²) in [5, 5.41) is 4.44. The van der Waals surface area contributed by atoms with Crippen LogP contribution in [0.1, 0.15) is 12.5 Å². The van der Waals surface area contributed by atoms with Crippen LogP contribution in [0.25, 0.3) is 5.69 Å². The van der Waals surface area contributed by atoms with Gasteiger partial charge in [0.25, 0.3) is 10.0 Å². The van der Waals surface area contributed by atoms with E-state index in [-0.39, 0.29) is 30.5 Å². The molecule has 208 valence electrons. The molecular weight excluding hydrogens is 530 g/mol. The van der Waals surface area contributed by atoms with Gasteiger partial charge in [-0.25, -0.2) is 13.4 Å². The maximum atomic E-state index is 13.7. The number of para-hydroxylation sites is 1. The Labute approximate surface area is 233 Å². The molecular formula is C29H31N5O5S. The van der Waals surface area contributed by atoms with Crippen LogP contribution in [0, 0.1) is 0 Å². The van der Waals surface area contributed by atoms with Crippen LogP contribution in [-0.4, -0.2) is 66.4 Å². The Bertz CT molecular complexity index is 1560. The van der Waals surface area contributed by atoms with Crippen LogP contribution in [0.3, 0.4) is 0 Å². The lowest BCUT2D eigenvalue weighted by atomic mass is 10.2. The van der Waals surface area contributed by atoms with E-state index in [9.17, 15) is 13.2 Å². The van der Waals surface area contributed by atoms with Gasteiger partial charge in [-0.1, -0.05) is 54.6 Å². The summed E-state index contributed by atoms with van der Waals surface area (Å²) in [7, 11) is -3.71. The average Bonchev–Trinajstić information content (AvgIpc) is 2.99. The molecule has 0 bridgehead atoms. The molecule has 1 aliphatic rings. The third kappa shape index (κ3) is 6.22. The fourth-order valence-electron chi connectivity index (χ4n) is 4.47. The van der Waals surface area contributed by atoms with Gasteiger partial charge in [0.05, 0.1) is 25.1 Å². The highest BCUT2D eigenvalue weighted by Crippen LogP contribution is 2.27. The molecule has 0 saturated carbocycles. The lowest BCUT2D eigenvalue weighted by molar-refractivity contribution is 0.0486. The Hall–Kier alpha value is -4.06. The van der Waals surface area contributed by atoms with Crippen molar-refractivity contribution in [2.45, 2.75) is 24.7 Å². The van der Waals surface area contributed by atoms with Crippen molar-refractivity contribution in [2.24, 2.45) is 0 Å². The molecule has 0 N–H and O–H groups in total. The number of pyridine rings is 1. The molecule has 3 heterocycles. The lowest BCUT2D eigenvalue weighted by Gasteiger charge is -2.35. The highest BCUT2D eigenvalue weighted by molar-refractivity contribution is 7.89. The van der Waals surface area contributed by atoms with Crippen LogP contribution in [0.2, 0.25) is 0 Å². The van der Waals surface area contributed by atoms with Gasteiger partial charge in [-0.15, -0.1) is 0 Å². The van der Waals surface area contributed by atoms with E-state index in [0.29, 0.717) is 31.1 Å². The Morgan fingerprint density at radius 3 is 2.25 bits per heavy atom. The second-order valence-electron chi connectivity index (χ2n) is 9.40. The number of sulfonamides is 1. The quantitative estimate of drug-likeness (QED) is 0.291. The van der Waals surface area contributed by atoms with Crippen LogP contribution in [0.5, 0.6) is 5.75 Å². The van der Waals surface area contributed by atoms with Crippen molar-refractivity contribution >= 4 is 15.7 Å². The van der Waals surface area contributed by atoms with Crippen molar-refractivity contribution in [3.63, 3.8) is 0 Å². The summed E-state index contributed by atoms with van der Waals surface area (Å²) in [6.07, 6.45) is 2.64. The molecule has 0 amide bonds. The number of hydrogen-bond donors (Lipinski definition) is 0. The molecule has 0 unspecified atom stereocenters. The first-order chi connectivity index (χ1) is 19.4. The number of rotatable bonds is 10. The maximum absolute atomic E-state index is 13.7. The van der Waals surface area contributed by atoms with Crippen molar-refractivity contribution in [1.82, 2.24) is 19.1 Å². The zero-order chi connectivity index (χ0) is 28.0. The number of ether oxygens (including phenoxy) is 2. The monoisotopic (exact) mass is 561 g/mol. The van der Waals surface area contributed by atoms with Crippen molar-refractivity contribution in [2.75, 3.05) is 37.7 Å². The van der Waals surface area contributed by atoms with Gasteiger partial charge in [-0.2, -0.15) is 14.1 Å². The van der Waals surface area contributed by atoms with Crippen LogP contribution in [-0.2, 0) is 21.4 Å². The molecule has 0 spiro atoms. The van der Waals surface area contributed by atoms with Crippen LogP contribution in [0.15, 0.2) is 101 Å². The summed E-state index contributed by atoms with van der Waals surface area (Å²) in [4.78, 5) is 19.6. The Morgan fingerprint density at radius 1 is 0.900 bits per heavy atom. The number of hydrogen-bond acceptors (Lipinski definition) is 8. The largest absolute Gasteiger partial charge is 0.481 e. The van der Waals surface area contributed by atoms with Crippen molar-refractivity contribution in [1.29, 1.82) is 0 Å². The molecule has 40 heavy (non-hydrogen) atoms. The third-order valence-corrected chi connectivity index (χ3v) is 8.33. The van der Waals surface area contributed by atoms with Gasteiger partial charge in [-0.3, -0.25) is 4.79 Å². The zero-order valence-corrected chi connectivity index (χ0v) is 23.0. The van der Waals surface area contributed by atoms with E-state index < -0.39 is 21.7 Å². The van der Waals surface area contributed by atoms with E-state index in [1.807, 2.05) is 60.4 Å². The molecule has 2 aromatic carbocycles. The van der Waals surface area contributed by atoms with Gasteiger partial charge in [0.1, 0.15) is 11.8 Å². The van der Waals surface area contributed by atoms with E-state index in [1.54, 1.807) is 30.5 Å². The number of piperazine rings is 1. The standard InChI is InChI=1S/C29H31N5O5S/c1-23(21-38-22-24-10-4-2-5-11-24)39-28-26(20-31-34(29(28)35)25-12-6-3-7-13-25)32-16-18-33(19-17-32)40(36,37)27-14-8-9-15-30-27/h2-15,20,23H,16-19,21-22H2,1H3/t23-/m1/s1. The minimum atomic E-state index is -3.71. The van der Waals surface area contributed by atoms with E-state index in [4.69, 9.17) is 9.47 Å². The average molecular weight is 562 g/mol. The van der Waals surface area contributed by atoms with E-state index in [1.165, 1.54) is 21.3 Å². The molecule has 1 aliphatic heterocycles. The molecule has 4 aromatic rings. The van der Waals surface area contributed by atoms with Crippen LogP contribution in [0.4, 0.5) is 5.69 Å². The topological polar surface area (TPSA) is 107 Å². The smallest absolute Gasteiger partial charge is 0.316 e. The summed E-state index contributed by atoms with van der Waals surface area (Å²) < 4.78 is 40.9. The zero-order valence-electron chi connectivity index (χ0n) is 22.2. The molecule has 1 fully saturated rings. The van der Waals surface area contributed by atoms with Gasteiger partial charge >= 0.3 is 5.56 Å². The molecule has 0 aliphatic carbocycles. The summed E-state index contributed by atoms with van der Waals surface area (Å²) >= 11 is 0. The minimum Gasteiger partial charge on any atom is -0.481 e. The Morgan fingerprint density at radius 2 is 1.57 bits per heavy atom. The van der Waals surface area contributed by atoms with Crippen molar-refractivity contribution in [3.8, 4) is 11.4 Å². The summed E-state index contributed by atoms with van der Waals surface area (Å²) in [6, 6.07) is 23.8. The second-order valence-corrected chi connectivity index (χ2v) is 11.3. The number of nitrogens with zero attached hydrogens (tertiary/aromatic N) is 5.